The Hall–Kier alpha value is -0.340. The first-order valence-electron chi connectivity index (χ1n) is 5.05. The molecule has 1 aliphatic rings. The largest absolute Gasteiger partial charge is 0.392 e. The van der Waals surface area contributed by atoms with Crippen LogP contribution in [0.1, 0.15) is 29.5 Å². The second-order valence-corrected chi connectivity index (χ2v) is 5.08. The molecule has 0 aromatic carbocycles. The highest BCUT2D eigenvalue weighted by atomic mass is 32.1. The molecule has 72 valence electrons. The molecule has 1 N–H and O–H groups in total. The second-order valence-electron chi connectivity index (χ2n) is 3.83. The van der Waals surface area contributed by atoms with E-state index in [4.69, 9.17) is 0 Å². The summed E-state index contributed by atoms with van der Waals surface area (Å²) in [6, 6.07) is 4.34. The third kappa shape index (κ3) is 2.32. The Balaban J connectivity index is 1.92. The molecule has 13 heavy (non-hydrogen) atoms. The van der Waals surface area contributed by atoms with Gasteiger partial charge in [-0.3, -0.25) is 0 Å². The molecule has 0 spiro atoms. The molecule has 0 aliphatic heterocycles. The minimum Gasteiger partial charge on any atom is -0.392 e. The molecular weight excluding hydrogens is 180 g/mol. The summed E-state index contributed by atoms with van der Waals surface area (Å²) in [5.74, 6) is 0.604. The molecular formula is C11H16OS. The van der Waals surface area contributed by atoms with Gasteiger partial charge in [0, 0.05) is 16.2 Å². The van der Waals surface area contributed by atoms with Crippen LogP contribution in [0.2, 0.25) is 0 Å². The Labute approximate surface area is 83.4 Å². The van der Waals surface area contributed by atoms with Crippen molar-refractivity contribution in [1.82, 2.24) is 0 Å². The Morgan fingerprint density at radius 3 is 2.69 bits per heavy atom. The Morgan fingerprint density at radius 1 is 1.46 bits per heavy atom. The van der Waals surface area contributed by atoms with Crippen molar-refractivity contribution < 1.29 is 5.11 Å². The van der Waals surface area contributed by atoms with Crippen molar-refractivity contribution in [3.8, 4) is 0 Å². The zero-order valence-corrected chi connectivity index (χ0v) is 8.81. The van der Waals surface area contributed by atoms with E-state index in [2.05, 4.69) is 19.1 Å². The van der Waals surface area contributed by atoms with Crippen LogP contribution in [0.15, 0.2) is 12.1 Å². The van der Waals surface area contributed by atoms with Crippen molar-refractivity contribution in [2.75, 3.05) is 0 Å². The first-order valence-corrected chi connectivity index (χ1v) is 5.87. The molecule has 1 aliphatic carbocycles. The van der Waals surface area contributed by atoms with E-state index < -0.39 is 0 Å². The van der Waals surface area contributed by atoms with Gasteiger partial charge in [0.05, 0.1) is 6.10 Å². The van der Waals surface area contributed by atoms with Crippen molar-refractivity contribution in [2.24, 2.45) is 5.92 Å². The highest BCUT2D eigenvalue weighted by Crippen LogP contribution is 2.34. The normalized spacial score (nSPS) is 18.9. The lowest BCUT2D eigenvalue weighted by Crippen LogP contribution is -2.11. The predicted molar refractivity (Wildman–Crippen MR) is 56.1 cm³/mol. The fourth-order valence-electron chi connectivity index (χ4n) is 1.58. The van der Waals surface area contributed by atoms with Gasteiger partial charge in [-0.25, -0.2) is 0 Å². The zero-order chi connectivity index (χ0) is 9.26. The van der Waals surface area contributed by atoms with Gasteiger partial charge in [-0.1, -0.05) is 6.92 Å². The number of aliphatic hydroxyl groups excluding tert-OH is 1. The van der Waals surface area contributed by atoms with Gasteiger partial charge in [-0.2, -0.15) is 0 Å². The van der Waals surface area contributed by atoms with Gasteiger partial charge in [0.2, 0.25) is 0 Å². The summed E-state index contributed by atoms with van der Waals surface area (Å²) in [5.41, 5.74) is 0. The van der Waals surface area contributed by atoms with Gasteiger partial charge >= 0.3 is 0 Å². The smallest absolute Gasteiger partial charge is 0.0616 e. The molecule has 1 aromatic rings. The maximum atomic E-state index is 9.73. The molecule has 0 saturated heterocycles. The van der Waals surface area contributed by atoms with E-state index in [1.165, 1.54) is 22.6 Å². The van der Waals surface area contributed by atoms with E-state index in [9.17, 15) is 5.11 Å². The van der Waals surface area contributed by atoms with Crippen molar-refractivity contribution in [3.05, 3.63) is 21.9 Å². The summed E-state index contributed by atoms with van der Waals surface area (Å²) in [5, 5.41) is 9.73. The SMILES string of the molecule is CCc1ccc(CC(O)C2CC2)s1. The van der Waals surface area contributed by atoms with Gasteiger partial charge in [0.1, 0.15) is 0 Å². The van der Waals surface area contributed by atoms with Crippen LogP contribution in [0, 0.1) is 5.92 Å². The Bertz CT molecular complexity index is 275. The van der Waals surface area contributed by atoms with Gasteiger partial charge in [-0.15, -0.1) is 11.3 Å². The number of rotatable bonds is 4. The van der Waals surface area contributed by atoms with E-state index in [0.29, 0.717) is 5.92 Å². The molecule has 1 unspecified atom stereocenters. The zero-order valence-electron chi connectivity index (χ0n) is 7.99. The van der Waals surface area contributed by atoms with E-state index in [1.807, 2.05) is 11.3 Å². The molecule has 1 fully saturated rings. The summed E-state index contributed by atoms with van der Waals surface area (Å²) in [6.45, 7) is 2.17. The second kappa shape index (κ2) is 3.81. The standard InChI is InChI=1S/C11H16OS/c1-2-9-5-6-10(13-9)7-11(12)8-3-4-8/h5-6,8,11-12H,2-4,7H2,1H3. The molecule has 0 amide bonds. The number of aliphatic hydroxyl groups is 1. The first kappa shape index (κ1) is 9.22. The van der Waals surface area contributed by atoms with Gasteiger partial charge in [0.15, 0.2) is 0 Å². The van der Waals surface area contributed by atoms with Crippen molar-refractivity contribution in [1.29, 1.82) is 0 Å². The minimum absolute atomic E-state index is 0.0802. The van der Waals surface area contributed by atoms with Crippen molar-refractivity contribution in [2.45, 2.75) is 38.7 Å². The molecule has 1 aromatic heterocycles. The van der Waals surface area contributed by atoms with Crippen LogP contribution in [0.4, 0.5) is 0 Å². The van der Waals surface area contributed by atoms with Crippen LogP contribution >= 0.6 is 11.3 Å². The Morgan fingerprint density at radius 2 is 2.15 bits per heavy atom. The molecule has 0 bridgehead atoms. The molecule has 2 rings (SSSR count). The van der Waals surface area contributed by atoms with E-state index in [0.717, 1.165) is 12.8 Å². The lowest BCUT2D eigenvalue weighted by atomic mass is 10.1. The monoisotopic (exact) mass is 196 g/mol. The minimum atomic E-state index is -0.0802. The molecule has 1 atom stereocenters. The summed E-state index contributed by atoms with van der Waals surface area (Å²) in [6.07, 6.45) is 4.36. The fraction of sp³-hybridized carbons (Fsp3) is 0.636. The van der Waals surface area contributed by atoms with Crippen molar-refractivity contribution in [3.63, 3.8) is 0 Å². The number of hydrogen-bond donors (Lipinski definition) is 1. The Kier molecular flexibility index (Phi) is 2.70. The van der Waals surface area contributed by atoms with Crippen molar-refractivity contribution >= 4 is 11.3 Å². The number of hydrogen-bond acceptors (Lipinski definition) is 2. The summed E-state index contributed by atoms with van der Waals surface area (Å²) in [7, 11) is 0. The molecule has 2 heteroatoms. The quantitative estimate of drug-likeness (QED) is 0.785. The lowest BCUT2D eigenvalue weighted by Gasteiger charge is -2.05. The summed E-state index contributed by atoms with van der Waals surface area (Å²) < 4.78 is 0. The third-order valence-corrected chi connectivity index (χ3v) is 3.89. The predicted octanol–water partition coefficient (Wildman–Crippen LogP) is 2.62. The van der Waals surface area contributed by atoms with Crippen LogP contribution in [0.5, 0.6) is 0 Å². The van der Waals surface area contributed by atoms with E-state index in [-0.39, 0.29) is 6.10 Å². The first-order chi connectivity index (χ1) is 6.29. The van der Waals surface area contributed by atoms with E-state index in [1.54, 1.807) is 0 Å². The lowest BCUT2D eigenvalue weighted by molar-refractivity contribution is 0.152. The fourth-order valence-corrected chi connectivity index (χ4v) is 2.58. The number of aryl methyl sites for hydroxylation is 1. The van der Waals surface area contributed by atoms with E-state index >= 15 is 0 Å². The maximum Gasteiger partial charge on any atom is 0.0616 e. The van der Waals surface area contributed by atoms with Gasteiger partial charge < -0.3 is 5.11 Å². The highest BCUT2D eigenvalue weighted by molar-refractivity contribution is 7.11. The number of thiophene rings is 1. The van der Waals surface area contributed by atoms with Crippen LogP contribution in [-0.2, 0) is 12.8 Å². The van der Waals surface area contributed by atoms with Gasteiger partial charge in [-0.05, 0) is 37.3 Å². The van der Waals surface area contributed by atoms with Gasteiger partial charge in [0.25, 0.3) is 0 Å². The van der Waals surface area contributed by atoms with Crippen LogP contribution in [0.25, 0.3) is 0 Å². The summed E-state index contributed by atoms with van der Waals surface area (Å²) >= 11 is 1.85. The average Bonchev–Trinajstić information content (AvgIpc) is 2.88. The molecule has 0 radical (unpaired) electrons. The molecule has 1 heterocycles. The van der Waals surface area contributed by atoms with Crippen LogP contribution in [0.3, 0.4) is 0 Å². The van der Waals surface area contributed by atoms with Crippen LogP contribution in [-0.4, -0.2) is 11.2 Å². The molecule has 1 saturated carbocycles. The third-order valence-electron chi connectivity index (χ3n) is 2.64. The topological polar surface area (TPSA) is 20.2 Å². The maximum absolute atomic E-state index is 9.73. The molecule has 1 nitrogen and oxygen atoms in total. The van der Waals surface area contributed by atoms with Crippen LogP contribution < -0.4 is 0 Å². The average molecular weight is 196 g/mol. The summed E-state index contributed by atoms with van der Waals surface area (Å²) in [4.78, 5) is 2.77. The highest BCUT2D eigenvalue weighted by Gasteiger charge is 2.29.